The molecule has 4 saturated carbocycles. The van der Waals surface area contributed by atoms with Crippen molar-refractivity contribution in [3.63, 3.8) is 0 Å². The van der Waals surface area contributed by atoms with E-state index in [2.05, 4.69) is 47.6 Å². The molecule has 19 nitrogen and oxygen atoms in total. The molecule has 0 bridgehead atoms. The van der Waals surface area contributed by atoms with E-state index >= 15 is 0 Å². The number of aliphatic hydroxyl groups excluding tert-OH is 10. The summed E-state index contributed by atoms with van der Waals surface area (Å²) in [4.78, 5) is 26.3. The van der Waals surface area contributed by atoms with E-state index in [0.717, 1.165) is 38.5 Å². The Labute approximate surface area is 391 Å². The summed E-state index contributed by atoms with van der Waals surface area (Å²) in [6.45, 7) is 13.7. The van der Waals surface area contributed by atoms with Crippen molar-refractivity contribution in [3.8, 4) is 0 Å². The maximum atomic E-state index is 13.8. The highest BCUT2D eigenvalue weighted by atomic mass is 16.8. The van der Waals surface area contributed by atoms with Crippen LogP contribution >= 0.6 is 0 Å². The average molecular weight is 957 g/mol. The van der Waals surface area contributed by atoms with Crippen molar-refractivity contribution < 1.29 is 94.2 Å². The topological polar surface area (TPSA) is 312 Å². The van der Waals surface area contributed by atoms with Gasteiger partial charge in [0.15, 0.2) is 25.0 Å². The molecular formula is C48H76O19. The molecule has 11 N–H and O–H groups in total. The minimum Gasteiger partial charge on any atom is -0.479 e. The second kappa shape index (κ2) is 18.1. The third-order valence-corrected chi connectivity index (χ3v) is 19.3. The Balaban J connectivity index is 1.08. The molecule has 18 unspecified atom stereocenters. The van der Waals surface area contributed by atoms with Crippen LogP contribution in [0, 0.1) is 50.2 Å². The van der Waals surface area contributed by atoms with Gasteiger partial charge < -0.3 is 84.6 Å². The molecule has 8 aliphatic rings. The number of rotatable bonds is 10. The Morgan fingerprint density at radius 1 is 0.672 bits per heavy atom. The first-order chi connectivity index (χ1) is 31.3. The van der Waals surface area contributed by atoms with Crippen LogP contribution < -0.4 is 0 Å². The maximum Gasteiger partial charge on any atom is 0.335 e. The Hall–Kier alpha value is -1.76. The number of aliphatic carboxylic acids is 1. The van der Waals surface area contributed by atoms with Gasteiger partial charge in [0, 0.05) is 17.3 Å². The molecule has 3 saturated heterocycles. The second-order valence-corrected chi connectivity index (χ2v) is 23.4. The predicted molar refractivity (Wildman–Crippen MR) is 231 cm³/mol. The number of hydrogen-bond donors (Lipinski definition) is 11. The molecule has 0 radical (unpaired) electrons. The first kappa shape index (κ1) is 51.6. The smallest absolute Gasteiger partial charge is 0.335 e. The van der Waals surface area contributed by atoms with Crippen molar-refractivity contribution >= 4 is 11.8 Å². The molecule has 382 valence electrons. The second-order valence-electron chi connectivity index (χ2n) is 23.4. The molecule has 67 heavy (non-hydrogen) atoms. The standard InChI is InChI=1S/C48H76O19/c1-43(2)16-22-21-8-9-26-45(4)12-11-28(46(5,20-51)25(45)10-13-48(26,7)47(21,6)15-14-44(22,3)27(52)17-43)64-42-38(34(58)33(57)36(65-42)39(60)61)67-41-37(32(56)30(54)24(19-50)63-41)66-40-35(59)31(55)29(53)23(18-49)62-40/h8,22-26,28-38,40-42,49-51,53-59H,9-20H2,1-7H3,(H,60,61)/t22?,23?,24?,25?,26?,28-,29?,30?,31?,32?,33?,34?,35?,36?,37?,38?,40?,41?,42?,44+,45-,46+,47+,48+/m0/s1. The first-order valence-electron chi connectivity index (χ1n) is 24.3. The van der Waals surface area contributed by atoms with Gasteiger partial charge in [0.1, 0.15) is 72.9 Å². The highest BCUT2D eigenvalue weighted by Gasteiger charge is 2.70. The van der Waals surface area contributed by atoms with Gasteiger partial charge in [-0.1, -0.05) is 60.1 Å². The third kappa shape index (κ3) is 8.01. The van der Waals surface area contributed by atoms with E-state index in [1.54, 1.807) is 0 Å². The van der Waals surface area contributed by atoms with Crippen LogP contribution in [-0.2, 0) is 38.0 Å². The van der Waals surface area contributed by atoms with Crippen molar-refractivity contribution in [2.45, 2.75) is 204 Å². The number of carboxylic acid groups (broad SMARTS) is 1. The molecule has 8 rings (SSSR count). The molecule has 0 aromatic heterocycles. The van der Waals surface area contributed by atoms with Crippen LogP contribution in [0.3, 0.4) is 0 Å². The third-order valence-electron chi connectivity index (χ3n) is 19.3. The number of hydrogen-bond acceptors (Lipinski definition) is 18. The fourth-order valence-electron chi connectivity index (χ4n) is 14.9. The molecule has 19 heteroatoms. The Morgan fingerprint density at radius 2 is 1.25 bits per heavy atom. The first-order valence-corrected chi connectivity index (χ1v) is 24.3. The lowest BCUT2D eigenvalue weighted by Gasteiger charge is -2.71. The van der Waals surface area contributed by atoms with Gasteiger partial charge in [0.2, 0.25) is 0 Å². The number of carbonyl (C=O) groups excluding carboxylic acids is 1. The minimum atomic E-state index is -2.10. The van der Waals surface area contributed by atoms with Gasteiger partial charge in [0.05, 0.1) is 25.9 Å². The highest BCUT2D eigenvalue weighted by Crippen LogP contribution is 2.75. The van der Waals surface area contributed by atoms with E-state index < -0.39 is 123 Å². The molecule has 0 spiro atoms. The summed E-state index contributed by atoms with van der Waals surface area (Å²) in [7, 11) is 0. The number of ketones is 1. The highest BCUT2D eigenvalue weighted by molar-refractivity contribution is 5.87. The van der Waals surface area contributed by atoms with Crippen LogP contribution in [0.4, 0.5) is 0 Å². The summed E-state index contributed by atoms with van der Waals surface area (Å²) in [5.74, 6) is -0.996. The van der Waals surface area contributed by atoms with Gasteiger partial charge in [-0.25, -0.2) is 4.79 Å². The maximum absolute atomic E-state index is 13.8. The summed E-state index contributed by atoms with van der Waals surface area (Å²) in [6, 6.07) is 0. The van der Waals surface area contributed by atoms with E-state index in [1.165, 1.54) is 5.57 Å². The fourth-order valence-corrected chi connectivity index (χ4v) is 14.9. The van der Waals surface area contributed by atoms with Crippen LogP contribution in [0.1, 0.15) is 106 Å². The molecule has 5 aliphatic carbocycles. The molecule has 3 heterocycles. The van der Waals surface area contributed by atoms with Crippen LogP contribution in [0.5, 0.6) is 0 Å². The van der Waals surface area contributed by atoms with Gasteiger partial charge in [-0.2, -0.15) is 0 Å². The normalized spacial score (nSPS) is 54.2. The summed E-state index contributed by atoms with van der Waals surface area (Å²) in [6.07, 6.45) is -19.5. The zero-order chi connectivity index (χ0) is 49.1. The Bertz CT molecular complexity index is 1880. The quantitative estimate of drug-likeness (QED) is 0.101. The molecule has 7 fully saturated rings. The number of carbonyl (C=O) groups is 2. The number of ether oxygens (including phenoxy) is 6. The van der Waals surface area contributed by atoms with Crippen molar-refractivity contribution in [2.75, 3.05) is 19.8 Å². The summed E-state index contributed by atoms with van der Waals surface area (Å²) < 4.78 is 35.9. The number of fused-ring (bicyclic) bond motifs is 7. The lowest BCUT2D eigenvalue weighted by molar-refractivity contribution is -0.397. The van der Waals surface area contributed by atoms with Crippen molar-refractivity contribution in [2.24, 2.45) is 50.2 Å². The lowest BCUT2D eigenvalue weighted by Crippen LogP contribution is -2.68. The van der Waals surface area contributed by atoms with Crippen LogP contribution in [-0.4, -0.2) is 186 Å². The summed E-state index contributed by atoms with van der Waals surface area (Å²) in [5, 5.41) is 118. The van der Waals surface area contributed by atoms with E-state index in [1.807, 2.05) is 6.92 Å². The SMILES string of the molecule is CC1(C)CC(=O)[C@]2(C)CC[C@]3(C)C(=CCC4[C@@]5(C)CC[C@H](OC6OC(C(=O)O)C(O)C(O)C6OC6OC(CO)C(O)C(O)C6OC6OC(CO)C(O)C(O)C6O)[C@](C)(CO)C5CC[C@]43C)C2C1. The van der Waals surface area contributed by atoms with Crippen LogP contribution in [0.2, 0.25) is 0 Å². The average Bonchev–Trinajstić information content (AvgIpc) is 3.27. The lowest BCUT2D eigenvalue weighted by atomic mass is 9.33. The fraction of sp³-hybridized carbons (Fsp3) is 0.917. The molecule has 0 aromatic carbocycles. The van der Waals surface area contributed by atoms with Gasteiger partial charge in [-0.15, -0.1) is 0 Å². The minimum absolute atomic E-state index is 0.0909. The number of Topliss-reactive ketones (excluding diaryl/α,β-unsaturated/α-hetero) is 1. The predicted octanol–water partition coefficient (Wildman–Crippen LogP) is -0.115. The van der Waals surface area contributed by atoms with Crippen molar-refractivity contribution in [3.05, 3.63) is 11.6 Å². The molecular weight excluding hydrogens is 881 g/mol. The van der Waals surface area contributed by atoms with Crippen LogP contribution in [0.15, 0.2) is 11.6 Å². The number of aliphatic hydroxyl groups is 10. The monoisotopic (exact) mass is 956 g/mol. The Kier molecular flexibility index (Phi) is 13.9. The molecule has 0 aromatic rings. The van der Waals surface area contributed by atoms with Gasteiger partial charge in [-0.3, -0.25) is 4.79 Å². The van der Waals surface area contributed by atoms with E-state index in [0.29, 0.717) is 25.0 Å². The van der Waals surface area contributed by atoms with Crippen molar-refractivity contribution in [1.82, 2.24) is 0 Å². The molecule has 3 aliphatic heterocycles. The zero-order valence-corrected chi connectivity index (χ0v) is 39.7. The zero-order valence-electron chi connectivity index (χ0n) is 39.7. The largest absolute Gasteiger partial charge is 0.479 e. The van der Waals surface area contributed by atoms with Crippen LogP contribution in [0.25, 0.3) is 0 Å². The number of allylic oxidation sites excluding steroid dienone is 2. The van der Waals surface area contributed by atoms with Crippen molar-refractivity contribution in [1.29, 1.82) is 0 Å². The number of carboxylic acids is 1. The van der Waals surface area contributed by atoms with Gasteiger partial charge >= 0.3 is 5.97 Å². The van der Waals surface area contributed by atoms with Gasteiger partial charge in [-0.05, 0) is 90.8 Å². The molecule has 24 atom stereocenters. The van der Waals surface area contributed by atoms with Gasteiger partial charge in [0.25, 0.3) is 0 Å². The molecule has 0 amide bonds. The summed E-state index contributed by atoms with van der Waals surface area (Å²) >= 11 is 0. The van der Waals surface area contributed by atoms with E-state index in [-0.39, 0.29) is 51.4 Å². The van der Waals surface area contributed by atoms with E-state index in [4.69, 9.17) is 28.4 Å². The summed E-state index contributed by atoms with van der Waals surface area (Å²) in [5.41, 5.74) is -0.597. The Morgan fingerprint density at radius 3 is 1.87 bits per heavy atom. The van der Waals surface area contributed by atoms with E-state index in [9.17, 15) is 65.8 Å².